The smallest absolute Gasteiger partial charge is 0.330 e. The number of carbonyl (C=O) groups excluding carboxylic acids is 1. The number of nitrogens with zero attached hydrogens (tertiary/aromatic N) is 2. The van der Waals surface area contributed by atoms with E-state index in [1.54, 1.807) is 24.3 Å². The van der Waals surface area contributed by atoms with Crippen LogP contribution in [0.15, 0.2) is 44.6 Å². The quantitative estimate of drug-likeness (QED) is 0.391. The van der Waals surface area contributed by atoms with Gasteiger partial charge in [-0.3, -0.25) is 0 Å². The van der Waals surface area contributed by atoms with Gasteiger partial charge in [0, 0.05) is 6.08 Å². The van der Waals surface area contributed by atoms with Crippen molar-refractivity contribution < 1.29 is 23.4 Å². The molecule has 0 aliphatic rings. The molecule has 7 nitrogen and oxygen atoms in total. The largest absolute Gasteiger partial charge is 0.493 e. The molecule has 0 atom stereocenters. The summed E-state index contributed by atoms with van der Waals surface area (Å²) in [6, 6.07) is 9.10. The van der Waals surface area contributed by atoms with Crippen LogP contribution in [-0.2, 0) is 16.1 Å². The van der Waals surface area contributed by atoms with Gasteiger partial charge in [-0.05, 0) is 51.8 Å². The molecule has 2 heterocycles. The minimum Gasteiger partial charge on any atom is -0.493 e. The molecule has 0 N–H and O–H groups in total. The van der Waals surface area contributed by atoms with Gasteiger partial charge in [-0.15, -0.1) is 21.5 Å². The molecular weight excluding hydrogens is 436 g/mol. The van der Waals surface area contributed by atoms with Crippen LogP contribution in [0.3, 0.4) is 0 Å². The lowest BCUT2D eigenvalue weighted by molar-refractivity contribution is -0.134. The van der Waals surface area contributed by atoms with Crippen LogP contribution in [0.2, 0.25) is 0 Å². The van der Waals surface area contributed by atoms with Gasteiger partial charge in [0.1, 0.15) is 0 Å². The Bertz CT molecular complexity index is 966. The van der Waals surface area contributed by atoms with Gasteiger partial charge in [-0.25, -0.2) is 4.79 Å². The van der Waals surface area contributed by atoms with Crippen LogP contribution < -0.4 is 9.47 Å². The van der Waals surface area contributed by atoms with E-state index in [9.17, 15) is 4.79 Å². The van der Waals surface area contributed by atoms with E-state index in [0.717, 1.165) is 14.2 Å². The first-order chi connectivity index (χ1) is 13.1. The first-order valence-corrected chi connectivity index (χ1v) is 9.35. The van der Waals surface area contributed by atoms with Gasteiger partial charge >= 0.3 is 5.97 Å². The lowest BCUT2D eigenvalue weighted by Crippen LogP contribution is -1.98. The molecule has 3 rings (SSSR count). The molecule has 0 unspecified atom stereocenters. The van der Waals surface area contributed by atoms with Gasteiger partial charge in [-0.1, -0.05) is 6.07 Å². The number of rotatable bonds is 7. The number of methoxy groups -OCH3 is 2. The highest BCUT2D eigenvalue weighted by molar-refractivity contribution is 9.11. The van der Waals surface area contributed by atoms with E-state index in [4.69, 9.17) is 13.9 Å². The Hall–Kier alpha value is -2.65. The minimum absolute atomic E-state index is 0.104. The fourth-order valence-electron chi connectivity index (χ4n) is 2.12. The van der Waals surface area contributed by atoms with Crippen molar-refractivity contribution in [1.29, 1.82) is 0 Å². The van der Waals surface area contributed by atoms with Gasteiger partial charge in [0.05, 0.1) is 22.9 Å². The Kier molecular flexibility index (Phi) is 6.25. The molecule has 9 heteroatoms. The SMILES string of the molecule is COC(=O)/C=C/c1ccc(OCc2nnc(-c3ccc(Br)s3)o2)c(OC)c1. The maximum Gasteiger partial charge on any atom is 0.330 e. The summed E-state index contributed by atoms with van der Waals surface area (Å²) in [5.74, 6) is 1.40. The second-order valence-electron chi connectivity index (χ2n) is 5.16. The van der Waals surface area contributed by atoms with E-state index in [1.807, 2.05) is 12.1 Å². The van der Waals surface area contributed by atoms with Gasteiger partial charge in [0.2, 0.25) is 0 Å². The van der Waals surface area contributed by atoms with E-state index in [0.29, 0.717) is 23.3 Å². The van der Waals surface area contributed by atoms with Crippen LogP contribution in [0.25, 0.3) is 16.8 Å². The molecule has 0 fully saturated rings. The van der Waals surface area contributed by atoms with Crippen molar-refractivity contribution in [3.63, 3.8) is 0 Å². The van der Waals surface area contributed by atoms with Gasteiger partial charge in [-0.2, -0.15) is 0 Å². The first-order valence-electron chi connectivity index (χ1n) is 7.74. The van der Waals surface area contributed by atoms with Crippen molar-refractivity contribution in [3.8, 4) is 22.3 Å². The Balaban J connectivity index is 1.68. The predicted octanol–water partition coefficient (Wildman–Crippen LogP) is 4.33. The average molecular weight is 451 g/mol. The maximum absolute atomic E-state index is 11.2. The van der Waals surface area contributed by atoms with Crippen LogP contribution in [0, 0.1) is 0 Å². The molecule has 0 aliphatic carbocycles. The molecule has 0 amide bonds. The summed E-state index contributed by atoms with van der Waals surface area (Å²) >= 11 is 4.91. The molecule has 140 valence electrons. The minimum atomic E-state index is -0.431. The van der Waals surface area contributed by atoms with Gasteiger partial charge < -0.3 is 18.6 Å². The Morgan fingerprint density at radius 3 is 2.78 bits per heavy atom. The predicted molar refractivity (Wildman–Crippen MR) is 104 cm³/mol. The standard InChI is InChI=1S/C18H15BrN2O5S/c1-23-13-9-11(4-8-17(22)24-2)3-5-12(13)25-10-16-20-21-18(26-16)14-6-7-15(19)27-14/h3-9H,10H2,1-2H3/b8-4+. The zero-order chi connectivity index (χ0) is 19.2. The van der Waals surface area contributed by atoms with Gasteiger partial charge in [0.15, 0.2) is 18.1 Å². The molecule has 0 aliphatic heterocycles. The lowest BCUT2D eigenvalue weighted by atomic mass is 10.2. The summed E-state index contributed by atoms with van der Waals surface area (Å²) < 4.78 is 22.2. The number of halogens is 1. The van der Waals surface area contributed by atoms with Crippen LogP contribution >= 0.6 is 27.3 Å². The fraction of sp³-hybridized carbons (Fsp3) is 0.167. The number of ether oxygens (including phenoxy) is 3. The van der Waals surface area contributed by atoms with E-state index in [2.05, 4.69) is 30.9 Å². The van der Waals surface area contributed by atoms with Crippen molar-refractivity contribution in [2.24, 2.45) is 0 Å². The summed E-state index contributed by atoms with van der Waals surface area (Å²) in [6.07, 6.45) is 2.96. The fourth-order valence-corrected chi connectivity index (χ4v) is 3.43. The monoisotopic (exact) mass is 450 g/mol. The Labute approximate surface area is 167 Å². The third kappa shape index (κ3) is 4.95. The molecule has 0 bridgehead atoms. The highest BCUT2D eigenvalue weighted by Gasteiger charge is 2.12. The summed E-state index contributed by atoms with van der Waals surface area (Å²) in [5, 5.41) is 8.02. The number of esters is 1. The zero-order valence-corrected chi connectivity index (χ0v) is 16.9. The topological polar surface area (TPSA) is 83.7 Å². The van der Waals surface area contributed by atoms with E-state index >= 15 is 0 Å². The molecule has 1 aromatic carbocycles. The lowest BCUT2D eigenvalue weighted by Gasteiger charge is -2.09. The number of carbonyl (C=O) groups is 1. The highest BCUT2D eigenvalue weighted by atomic mass is 79.9. The van der Waals surface area contributed by atoms with Crippen LogP contribution in [-0.4, -0.2) is 30.4 Å². The van der Waals surface area contributed by atoms with E-state index in [1.165, 1.54) is 31.6 Å². The third-order valence-electron chi connectivity index (χ3n) is 3.40. The zero-order valence-electron chi connectivity index (χ0n) is 14.5. The first kappa shape index (κ1) is 19.1. The maximum atomic E-state index is 11.2. The van der Waals surface area contributed by atoms with E-state index in [-0.39, 0.29) is 6.61 Å². The number of hydrogen-bond acceptors (Lipinski definition) is 8. The number of benzene rings is 1. The third-order valence-corrected chi connectivity index (χ3v) is 5.01. The van der Waals surface area contributed by atoms with Crippen molar-refractivity contribution in [2.75, 3.05) is 14.2 Å². The van der Waals surface area contributed by atoms with Crippen LogP contribution in [0.1, 0.15) is 11.5 Å². The molecule has 27 heavy (non-hydrogen) atoms. The summed E-state index contributed by atoms with van der Waals surface area (Å²) in [5.41, 5.74) is 0.771. The van der Waals surface area contributed by atoms with Crippen molar-refractivity contribution in [3.05, 3.63) is 51.6 Å². The molecule has 0 radical (unpaired) electrons. The Morgan fingerprint density at radius 2 is 2.07 bits per heavy atom. The van der Waals surface area contributed by atoms with Crippen LogP contribution in [0.4, 0.5) is 0 Å². The molecular formula is C18H15BrN2O5S. The molecule has 2 aromatic heterocycles. The van der Waals surface area contributed by atoms with Crippen LogP contribution in [0.5, 0.6) is 11.5 Å². The van der Waals surface area contributed by atoms with E-state index < -0.39 is 5.97 Å². The molecule has 3 aromatic rings. The molecule has 0 saturated heterocycles. The normalized spacial score (nSPS) is 10.9. The van der Waals surface area contributed by atoms with Crippen molar-refractivity contribution in [2.45, 2.75) is 6.61 Å². The van der Waals surface area contributed by atoms with Crippen molar-refractivity contribution in [1.82, 2.24) is 10.2 Å². The molecule has 0 saturated carbocycles. The number of thiophene rings is 1. The van der Waals surface area contributed by atoms with Gasteiger partial charge in [0.25, 0.3) is 11.8 Å². The number of hydrogen-bond donors (Lipinski definition) is 0. The van der Waals surface area contributed by atoms with Crippen molar-refractivity contribution >= 4 is 39.3 Å². The second kappa shape index (κ2) is 8.83. The number of aromatic nitrogens is 2. The average Bonchev–Trinajstić information content (AvgIpc) is 3.33. The molecule has 0 spiro atoms. The summed E-state index contributed by atoms with van der Waals surface area (Å²) in [6.45, 7) is 0.104. The second-order valence-corrected chi connectivity index (χ2v) is 7.62. The summed E-state index contributed by atoms with van der Waals surface area (Å²) in [4.78, 5) is 12.1. The summed E-state index contributed by atoms with van der Waals surface area (Å²) in [7, 11) is 2.86. The Morgan fingerprint density at radius 1 is 1.22 bits per heavy atom. The highest BCUT2D eigenvalue weighted by Crippen LogP contribution is 2.31.